The van der Waals surface area contributed by atoms with Crippen LogP contribution in [0.3, 0.4) is 0 Å². The average molecular weight is 678 g/mol. The van der Waals surface area contributed by atoms with Crippen molar-refractivity contribution in [1.82, 2.24) is 25.3 Å². The molecular weight excluding hydrogens is 630 g/mol. The standard InChI is InChI=1S/C22H33N5O2.C13H15ClN4O/c1-14-9-8-10-16(15(14)2)17-11-18(27-19(23)26-17)24-12-22(6,7)13-25-20(28)29-21(3,4)5;1-7-4-11(19-3)9(14)5-8(7)10-6-12(16-2)18-13(15)17-10/h8-11H,12-13H2,1-7H3,(H,25,28)(H3,23,24,26,27);4-6H,1-3H3,(H3,15,16,17,18). The van der Waals surface area contributed by atoms with Crippen LogP contribution in [0.25, 0.3) is 22.5 Å². The fraction of sp³-hybridized carbons (Fsp3) is 0.400. The zero-order valence-corrected chi connectivity index (χ0v) is 30.3. The number of nitrogen functional groups attached to an aromatic ring is 2. The van der Waals surface area contributed by atoms with Gasteiger partial charge in [-0.15, -0.1) is 0 Å². The number of alkyl carbamates (subject to hydrolysis) is 1. The van der Waals surface area contributed by atoms with E-state index in [1.165, 1.54) is 11.1 Å². The van der Waals surface area contributed by atoms with Crippen LogP contribution in [-0.4, -0.2) is 58.9 Å². The van der Waals surface area contributed by atoms with Gasteiger partial charge >= 0.3 is 6.09 Å². The molecule has 48 heavy (non-hydrogen) atoms. The van der Waals surface area contributed by atoms with Gasteiger partial charge in [-0.3, -0.25) is 0 Å². The second-order valence-corrected chi connectivity index (χ2v) is 13.6. The molecule has 0 radical (unpaired) electrons. The Hall–Kier alpha value is -4.84. The first-order chi connectivity index (χ1) is 22.4. The molecule has 0 saturated heterocycles. The lowest BCUT2D eigenvalue weighted by Gasteiger charge is -2.27. The first-order valence-electron chi connectivity index (χ1n) is 15.5. The number of benzene rings is 2. The number of aromatic nitrogens is 4. The van der Waals surface area contributed by atoms with Gasteiger partial charge in [-0.1, -0.05) is 43.6 Å². The molecule has 0 bridgehead atoms. The van der Waals surface area contributed by atoms with Crippen molar-refractivity contribution in [2.45, 2.75) is 61.0 Å². The molecule has 12 nitrogen and oxygen atoms in total. The van der Waals surface area contributed by atoms with Gasteiger partial charge in [-0.05, 0) is 75.8 Å². The van der Waals surface area contributed by atoms with Crippen LogP contribution in [0.1, 0.15) is 51.3 Å². The van der Waals surface area contributed by atoms with Crippen LogP contribution in [0.4, 0.5) is 28.3 Å². The van der Waals surface area contributed by atoms with Crippen molar-refractivity contribution in [2.75, 3.05) is 49.3 Å². The van der Waals surface area contributed by atoms with Crippen LogP contribution in [0, 0.1) is 26.2 Å². The van der Waals surface area contributed by atoms with Gasteiger partial charge in [0.25, 0.3) is 0 Å². The predicted octanol–water partition coefficient (Wildman–Crippen LogP) is 7.04. The van der Waals surface area contributed by atoms with Crippen LogP contribution in [0.2, 0.25) is 5.02 Å². The maximum Gasteiger partial charge on any atom is 0.407 e. The van der Waals surface area contributed by atoms with Crippen molar-refractivity contribution in [3.63, 3.8) is 0 Å². The van der Waals surface area contributed by atoms with Gasteiger partial charge in [0.15, 0.2) is 0 Å². The van der Waals surface area contributed by atoms with E-state index in [4.69, 9.17) is 32.5 Å². The maximum atomic E-state index is 11.9. The Balaban J connectivity index is 0.000000284. The number of nitrogens with two attached hydrogens (primary N) is 2. The number of nitrogens with zero attached hydrogens (tertiary/aromatic N) is 4. The van der Waals surface area contributed by atoms with Gasteiger partial charge < -0.3 is 36.9 Å². The van der Waals surface area contributed by atoms with Crippen molar-refractivity contribution in [3.8, 4) is 28.3 Å². The highest BCUT2D eigenvalue weighted by molar-refractivity contribution is 6.32. The summed E-state index contributed by atoms with van der Waals surface area (Å²) in [6.45, 7) is 16.8. The van der Waals surface area contributed by atoms with E-state index < -0.39 is 11.7 Å². The number of anilines is 4. The number of carbonyl (C=O) groups excluding carboxylic acids is 1. The highest BCUT2D eigenvalue weighted by Gasteiger charge is 2.22. The minimum atomic E-state index is -0.519. The van der Waals surface area contributed by atoms with E-state index in [1.54, 1.807) is 14.2 Å². The molecule has 0 atom stereocenters. The predicted molar refractivity (Wildman–Crippen MR) is 196 cm³/mol. The Labute approximate surface area is 288 Å². The van der Waals surface area contributed by atoms with E-state index in [2.05, 4.69) is 55.8 Å². The number of amides is 1. The smallest absolute Gasteiger partial charge is 0.407 e. The first kappa shape index (κ1) is 37.6. The molecule has 2 aromatic carbocycles. The number of hydrogen-bond donors (Lipinski definition) is 5. The topological polar surface area (TPSA) is 175 Å². The monoisotopic (exact) mass is 677 g/mol. The van der Waals surface area contributed by atoms with Crippen molar-refractivity contribution in [3.05, 3.63) is 64.2 Å². The van der Waals surface area contributed by atoms with Gasteiger partial charge in [-0.25, -0.2) is 14.8 Å². The molecule has 0 unspecified atom stereocenters. The van der Waals surface area contributed by atoms with E-state index in [0.29, 0.717) is 35.5 Å². The molecule has 1 amide bonds. The molecule has 2 aromatic heterocycles. The third-order valence-corrected chi connectivity index (χ3v) is 7.55. The fourth-order valence-electron chi connectivity index (χ4n) is 4.56. The first-order valence-corrected chi connectivity index (χ1v) is 15.9. The minimum absolute atomic E-state index is 0.216. The third-order valence-electron chi connectivity index (χ3n) is 7.26. The van der Waals surface area contributed by atoms with Gasteiger partial charge in [-0.2, -0.15) is 9.97 Å². The van der Waals surface area contributed by atoms with Crippen molar-refractivity contribution in [2.24, 2.45) is 5.41 Å². The number of rotatable bonds is 9. The van der Waals surface area contributed by atoms with E-state index in [1.807, 2.05) is 77.9 Å². The van der Waals surface area contributed by atoms with E-state index in [-0.39, 0.29) is 17.3 Å². The molecule has 0 aliphatic carbocycles. The quantitative estimate of drug-likeness (QED) is 0.123. The normalized spacial score (nSPS) is 11.2. The van der Waals surface area contributed by atoms with Crippen LogP contribution in [0.5, 0.6) is 5.75 Å². The zero-order valence-electron chi connectivity index (χ0n) is 29.5. The summed E-state index contributed by atoms with van der Waals surface area (Å²) < 4.78 is 10.5. The minimum Gasteiger partial charge on any atom is -0.495 e. The average Bonchev–Trinajstić information content (AvgIpc) is 3.00. The Bertz CT molecular complexity index is 1740. The molecule has 7 N–H and O–H groups in total. The Morgan fingerprint density at radius 1 is 0.833 bits per heavy atom. The van der Waals surface area contributed by atoms with Crippen LogP contribution >= 0.6 is 11.6 Å². The molecule has 4 aromatic rings. The lowest BCUT2D eigenvalue weighted by atomic mass is 9.93. The molecule has 0 aliphatic rings. The molecule has 258 valence electrons. The van der Waals surface area contributed by atoms with Crippen LogP contribution < -0.4 is 32.2 Å². The summed E-state index contributed by atoms with van der Waals surface area (Å²) in [5.74, 6) is 2.38. The Morgan fingerprint density at radius 2 is 1.44 bits per heavy atom. The summed E-state index contributed by atoms with van der Waals surface area (Å²) in [4.78, 5) is 28.9. The van der Waals surface area contributed by atoms with Gasteiger partial charge in [0.2, 0.25) is 11.9 Å². The summed E-state index contributed by atoms with van der Waals surface area (Å²) in [5, 5.41) is 9.62. The number of ether oxygens (including phenoxy) is 2. The Kier molecular flexibility index (Phi) is 12.4. The Morgan fingerprint density at radius 3 is 2.04 bits per heavy atom. The second-order valence-electron chi connectivity index (χ2n) is 13.2. The molecule has 0 fully saturated rings. The van der Waals surface area contributed by atoms with Gasteiger partial charge in [0.1, 0.15) is 23.0 Å². The summed E-state index contributed by atoms with van der Waals surface area (Å²) in [6, 6.07) is 13.5. The van der Waals surface area contributed by atoms with Crippen LogP contribution in [0.15, 0.2) is 42.5 Å². The molecule has 2 heterocycles. The molecular formula is C35H48ClN9O3. The number of carbonyl (C=O) groups is 1. The molecule has 0 aliphatic heterocycles. The van der Waals surface area contributed by atoms with E-state index in [9.17, 15) is 4.79 Å². The molecule has 4 rings (SSSR count). The summed E-state index contributed by atoms with van der Waals surface area (Å²) in [5.41, 5.74) is 17.7. The maximum absolute atomic E-state index is 11.9. The van der Waals surface area contributed by atoms with E-state index in [0.717, 1.165) is 28.1 Å². The fourth-order valence-corrected chi connectivity index (χ4v) is 4.80. The van der Waals surface area contributed by atoms with Gasteiger partial charge in [0.05, 0.1) is 23.5 Å². The highest BCUT2D eigenvalue weighted by atomic mass is 35.5. The SMILES string of the molecule is CNc1cc(-c2cc(Cl)c(OC)cc2C)nc(N)n1.Cc1cccc(-c2cc(NCC(C)(C)CNC(=O)OC(C)(C)C)nc(N)n2)c1C. The summed E-state index contributed by atoms with van der Waals surface area (Å²) >= 11 is 6.15. The van der Waals surface area contributed by atoms with E-state index >= 15 is 0 Å². The molecule has 13 heteroatoms. The third kappa shape index (κ3) is 10.9. The second kappa shape index (κ2) is 15.8. The van der Waals surface area contributed by atoms with Crippen molar-refractivity contribution >= 4 is 41.2 Å². The lowest BCUT2D eigenvalue weighted by molar-refractivity contribution is 0.0508. The highest BCUT2D eigenvalue weighted by Crippen LogP contribution is 2.33. The lowest BCUT2D eigenvalue weighted by Crippen LogP contribution is -2.40. The largest absolute Gasteiger partial charge is 0.495 e. The van der Waals surface area contributed by atoms with Crippen molar-refractivity contribution < 1.29 is 14.3 Å². The molecule has 0 spiro atoms. The summed E-state index contributed by atoms with van der Waals surface area (Å²) in [6.07, 6.45) is -0.422. The number of hydrogen-bond acceptors (Lipinski definition) is 11. The van der Waals surface area contributed by atoms with Crippen molar-refractivity contribution in [1.29, 1.82) is 0 Å². The van der Waals surface area contributed by atoms with Gasteiger partial charge in [0, 0.05) is 43.4 Å². The number of nitrogens with one attached hydrogen (secondary N) is 3. The number of aryl methyl sites for hydroxylation is 2. The summed E-state index contributed by atoms with van der Waals surface area (Å²) in [7, 11) is 3.36. The number of methoxy groups -OCH3 is 1. The zero-order chi connectivity index (χ0) is 35.8. The van der Waals surface area contributed by atoms with Crippen LogP contribution in [-0.2, 0) is 4.74 Å². The molecule has 0 saturated carbocycles. The number of halogens is 1.